The number of hydrogen-bond donors (Lipinski definition) is 4. The first kappa shape index (κ1) is 19.3. The Hall–Kier alpha value is -3.50. The second-order valence-electron chi connectivity index (χ2n) is 6.06. The third kappa shape index (κ3) is 4.81. The Morgan fingerprint density at radius 2 is 2.25 bits per heavy atom. The Morgan fingerprint density at radius 1 is 1.39 bits per heavy atom. The molecule has 3 rings (SSSR count). The minimum absolute atomic E-state index is 0.180. The van der Waals surface area contributed by atoms with E-state index >= 15 is 0 Å². The molecule has 0 saturated heterocycles. The second-order valence-corrected chi connectivity index (χ2v) is 6.06. The maximum Gasteiger partial charge on any atom is 0.254 e. The molecule has 1 atom stereocenters. The summed E-state index contributed by atoms with van der Waals surface area (Å²) in [5.74, 6) is -0.00573. The lowest BCUT2D eigenvalue weighted by Crippen LogP contribution is -2.33. The summed E-state index contributed by atoms with van der Waals surface area (Å²) in [5, 5.41) is 6.15. The van der Waals surface area contributed by atoms with Crippen molar-refractivity contribution in [2.75, 3.05) is 30.9 Å². The highest BCUT2D eigenvalue weighted by Crippen LogP contribution is 2.21. The molecule has 2 heterocycles. The highest BCUT2D eigenvalue weighted by molar-refractivity contribution is 5.98. The fraction of sp³-hybridized carbons (Fsp3) is 0.222. The summed E-state index contributed by atoms with van der Waals surface area (Å²) in [5.41, 5.74) is 13.2. The molecule has 0 spiro atoms. The molecule has 146 valence electrons. The van der Waals surface area contributed by atoms with Crippen molar-refractivity contribution in [3.05, 3.63) is 54.7 Å². The van der Waals surface area contributed by atoms with Crippen LogP contribution in [0.1, 0.15) is 10.4 Å². The molecule has 10 nitrogen and oxygen atoms in total. The molecular weight excluding hydrogens is 360 g/mol. The Morgan fingerprint density at radius 3 is 2.96 bits per heavy atom. The molecular formula is C18H22N8O2. The quantitative estimate of drug-likeness (QED) is 0.427. The number of benzene rings is 1. The number of amides is 1. The molecule has 0 aliphatic rings. The van der Waals surface area contributed by atoms with Crippen molar-refractivity contribution < 1.29 is 9.53 Å². The van der Waals surface area contributed by atoms with Crippen LogP contribution in [0.2, 0.25) is 0 Å². The number of nitrogens with two attached hydrogens (primary N) is 2. The van der Waals surface area contributed by atoms with E-state index in [-0.39, 0.29) is 11.6 Å². The molecule has 0 aliphatic carbocycles. The van der Waals surface area contributed by atoms with Gasteiger partial charge in [-0.15, -0.1) is 0 Å². The Labute approximate surface area is 162 Å². The summed E-state index contributed by atoms with van der Waals surface area (Å²) in [6.07, 6.45) is 6.61. The minimum Gasteiger partial charge on any atom is -0.383 e. The fourth-order valence-electron chi connectivity index (χ4n) is 2.53. The predicted octanol–water partition coefficient (Wildman–Crippen LogP) is 0.890. The Kier molecular flexibility index (Phi) is 6.14. The zero-order chi connectivity index (χ0) is 19.9. The van der Waals surface area contributed by atoms with Gasteiger partial charge in [-0.1, -0.05) is 6.07 Å². The van der Waals surface area contributed by atoms with Crippen LogP contribution in [0.5, 0.6) is 0 Å². The average Bonchev–Trinajstić information content (AvgIpc) is 3.22. The number of nitrogens with zero attached hydrogens (tertiary/aromatic N) is 4. The lowest BCUT2D eigenvalue weighted by atomic mass is 10.2. The van der Waals surface area contributed by atoms with E-state index in [1.54, 1.807) is 19.6 Å². The first-order valence-corrected chi connectivity index (χ1v) is 8.57. The van der Waals surface area contributed by atoms with Gasteiger partial charge in [0.1, 0.15) is 11.4 Å². The minimum atomic E-state index is -0.629. The van der Waals surface area contributed by atoms with E-state index in [0.717, 1.165) is 11.4 Å². The van der Waals surface area contributed by atoms with Crippen molar-refractivity contribution in [3.8, 4) is 5.69 Å². The van der Waals surface area contributed by atoms with E-state index in [0.29, 0.717) is 24.9 Å². The maximum absolute atomic E-state index is 11.8. The lowest BCUT2D eigenvalue weighted by Gasteiger charge is -2.14. The molecule has 0 saturated carbocycles. The number of methoxy groups -OCH3 is 1. The van der Waals surface area contributed by atoms with Crippen molar-refractivity contribution in [1.82, 2.24) is 19.5 Å². The van der Waals surface area contributed by atoms with Crippen molar-refractivity contribution in [2.24, 2.45) is 11.5 Å². The van der Waals surface area contributed by atoms with Gasteiger partial charge in [-0.3, -0.25) is 4.79 Å². The number of carbonyl (C=O) groups excluding carboxylic acids is 1. The number of rotatable bonds is 9. The summed E-state index contributed by atoms with van der Waals surface area (Å²) in [6.45, 7) is 0.817. The SMILES string of the molecule is COC[C@H](N)CNc1ncc(C(N)=O)c(Nc2cccc(-n3ccnc3)c2)n1. The highest BCUT2D eigenvalue weighted by Gasteiger charge is 2.13. The van der Waals surface area contributed by atoms with Crippen LogP contribution < -0.4 is 22.1 Å². The van der Waals surface area contributed by atoms with Crippen LogP contribution in [0.25, 0.3) is 5.69 Å². The summed E-state index contributed by atoms with van der Waals surface area (Å²) >= 11 is 0. The van der Waals surface area contributed by atoms with Gasteiger partial charge in [0, 0.05) is 49.7 Å². The molecule has 0 fully saturated rings. The fourth-order valence-corrected chi connectivity index (χ4v) is 2.53. The van der Waals surface area contributed by atoms with E-state index in [1.807, 2.05) is 35.0 Å². The summed E-state index contributed by atoms with van der Waals surface area (Å²) in [6, 6.07) is 7.36. The lowest BCUT2D eigenvalue weighted by molar-refractivity contribution is 0.100. The molecule has 0 unspecified atom stereocenters. The molecule has 1 amide bonds. The summed E-state index contributed by atoms with van der Waals surface area (Å²) < 4.78 is 6.87. The predicted molar refractivity (Wildman–Crippen MR) is 106 cm³/mol. The molecule has 2 aromatic heterocycles. The normalized spacial score (nSPS) is 11.8. The molecule has 0 bridgehead atoms. The highest BCUT2D eigenvalue weighted by atomic mass is 16.5. The topological polar surface area (TPSA) is 146 Å². The first-order chi connectivity index (χ1) is 13.6. The van der Waals surface area contributed by atoms with E-state index in [2.05, 4.69) is 25.6 Å². The van der Waals surface area contributed by atoms with E-state index in [4.69, 9.17) is 16.2 Å². The number of carbonyl (C=O) groups is 1. The zero-order valence-electron chi connectivity index (χ0n) is 15.4. The van der Waals surface area contributed by atoms with Gasteiger partial charge in [-0.2, -0.15) is 4.98 Å². The van der Waals surface area contributed by atoms with Crippen molar-refractivity contribution in [3.63, 3.8) is 0 Å². The van der Waals surface area contributed by atoms with Crippen molar-refractivity contribution in [2.45, 2.75) is 6.04 Å². The molecule has 3 aromatic rings. The van der Waals surface area contributed by atoms with Crippen LogP contribution in [0, 0.1) is 0 Å². The average molecular weight is 382 g/mol. The molecule has 10 heteroatoms. The van der Waals surface area contributed by atoms with E-state index in [9.17, 15) is 4.79 Å². The smallest absolute Gasteiger partial charge is 0.254 e. The largest absolute Gasteiger partial charge is 0.383 e. The van der Waals surface area contributed by atoms with Crippen LogP contribution >= 0.6 is 0 Å². The standard InChI is InChI=1S/C18H22N8O2/c1-28-10-12(19)8-22-18-23-9-15(16(20)27)17(25-18)24-13-3-2-4-14(7-13)26-6-5-21-11-26/h2-7,9,11-12H,8,10,19H2,1H3,(H2,20,27)(H2,22,23,24,25)/t12-/m1/s1. The third-order valence-electron chi connectivity index (χ3n) is 3.87. The molecule has 6 N–H and O–H groups in total. The third-order valence-corrected chi connectivity index (χ3v) is 3.87. The van der Waals surface area contributed by atoms with Gasteiger partial charge in [0.15, 0.2) is 0 Å². The number of anilines is 3. The summed E-state index contributed by atoms with van der Waals surface area (Å²) in [7, 11) is 1.58. The molecule has 28 heavy (non-hydrogen) atoms. The van der Waals surface area contributed by atoms with Gasteiger partial charge in [-0.25, -0.2) is 9.97 Å². The number of ether oxygens (including phenoxy) is 1. The van der Waals surface area contributed by atoms with Crippen LogP contribution in [0.3, 0.4) is 0 Å². The van der Waals surface area contributed by atoms with E-state index < -0.39 is 5.91 Å². The van der Waals surface area contributed by atoms with Gasteiger partial charge >= 0.3 is 0 Å². The van der Waals surface area contributed by atoms with Crippen LogP contribution in [0.4, 0.5) is 17.5 Å². The maximum atomic E-state index is 11.8. The molecule has 0 aliphatic heterocycles. The van der Waals surface area contributed by atoms with Crippen molar-refractivity contribution in [1.29, 1.82) is 0 Å². The first-order valence-electron chi connectivity index (χ1n) is 8.57. The molecule has 0 radical (unpaired) electrons. The Balaban J connectivity index is 1.82. The van der Waals surface area contributed by atoms with Crippen molar-refractivity contribution >= 4 is 23.4 Å². The van der Waals surface area contributed by atoms with Gasteiger partial charge in [0.05, 0.1) is 12.9 Å². The molecule has 1 aromatic carbocycles. The summed E-state index contributed by atoms with van der Waals surface area (Å²) in [4.78, 5) is 24.3. The number of hydrogen-bond acceptors (Lipinski definition) is 8. The number of nitrogens with one attached hydrogen (secondary N) is 2. The van der Waals surface area contributed by atoms with Crippen LogP contribution in [-0.4, -0.2) is 51.7 Å². The van der Waals surface area contributed by atoms with Crippen LogP contribution in [0.15, 0.2) is 49.2 Å². The number of aromatic nitrogens is 4. The van der Waals surface area contributed by atoms with Gasteiger partial charge in [-0.05, 0) is 18.2 Å². The van der Waals surface area contributed by atoms with Crippen LogP contribution in [-0.2, 0) is 4.74 Å². The van der Waals surface area contributed by atoms with E-state index in [1.165, 1.54) is 6.20 Å². The monoisotopic (exact) mass is 382 g/mol. The van der Waals surface area contributed by atoms with Gasteiger partial charge in [0.2, 0.25) is 5.95 Å². The second kappa shape index (κ2) is 8.93. The zero-order valence-corrected chi connectivity index (χ0v) is 15.4. The number of primary amides is 1. The number of imidazole rings is 1. The van der Waals surface area contributed by atoms with Gasteiger partial charge < -0.3 is 31.4 Å². The Bertz CT molecular complexity index is 929. The van der Waals surface area contributed by atoms with Gasteiger partial charge in [0.25, 0.3) is 5.91 Å².